The van der Waals surface area contributed by atoms with Crippen LogP contribution in [0.3, 0.4) is 0 Å². The van der Waals surface area contributed by atoms with Gasteiger partial charge in [0.25, 0.3) is 5.70 Å². The van der Waals surface area contributed by atoms with E-state index in [-0.39, 0.29) is 74.0 Å². The Hall–Kier alpha value is -2.76. The van der Waals surface area contributed by atoms with Crippen LogP contribution >= 0.6 is 0 Å². The van der Waals surface area contributed by atoms with Gasteiger partial charge in [-0.1, -0.05) is 56.7 Å². The molecule has 0 saturated heterocycles. The molecule has 0 fully saturated rings. The van der Waals surface area contributed by atoms with Gasteiger partial charge in [-0.3, -0.25) is 0 Å². The molecule has 1 aromatic rings. The van der Waals surface area contributed by atoms with Crippen molar-refractivity contribution in [3.05, 3.63) is 123 Å². The number of hydrogen-bond acceptors (Lipinski definition) is 3. The molecule has 0 unspecified atom stereocenters. The van der Waals surface area contributed by atoms with Crippen molar-refractivity contribution in [2.24, 2.45) is 5.41 Å². The SMILES string of the molecule is [C-]#[N+]C1=C(/C=C/C=C2\CC(C)(C)CC(/C=C/c3ccc(N(C)C)cc3)=C2C)[C-](C)O/C1=C(\C#N)[N+]#[C-].[K+]. The Labute approximate surface area is 264 Å². The molecule has 1 aliphatic carbocycles. The van der Waals surface area contributed by atoms with E-state index in [2.05, 4.69) is 77.9 Å². The fourth-order valence-corrected chi connectivity index (χ4v) is 4.41. The summed E-state index contributed by atoms with van der Waals surface area (Å²) in [6.45, 7) is 23.2. The molecule has 1 aromatic carbocycles. The van der Waals surface area contributed by atoms with Gasteiger partial charge in [0.1, 0.15) is 6.57 Å². The number of anilines is 1. The Kier molecular flexibility index (Phi) is 10.8. The molecule has 0 aromatic heterocycles. The van der Waals surface area contributed by atoms with Gasteiger partial charge in [0.15, 0.2) is 5.76 Å². The maximum absolute atomic E-state index is 9.20. The Balaban J connectivity index is 0.00000481. The summed E-state index contributed by atoms with van der Waals surface area (Å²) >= 11 is 0. The minimum Gasteiger partial charge on any atom is -0.535 e. The molecule has 3 rings (SSSR count). The van der Waals surface area contributed by atoms with Crippen LogP contribution in [0.1, 0.15) is 46.1 Å². The molecule has 0 N–H and O–H groups in total. The standard InChI is InChI=1S/C31H31N4O.K/c1-21-24(10-9-11-27-22(2)36-30(29(27)34-6)28(20-32)33-5)18-31(3,4)19-25(21)15-12-23-13-16-26(17-14-23)35(7)8;/h9-17H,18-19H2,1-4,7-8H3;/q-1;+1/b11-9+,15-12+,24-10+,30-28+;. The molecule has 182 valence electrons. The number of benzene rings is 1. The molecule has 2 aliphatic rings. The van der Waals surface area contributed by atoms with Crippen LogP contribution < -0.4 is 56.3 Å². The van der Waals surface area contributed by atoms with Gasteiger partial charge in [-0.05, 0) is 59.6 Å². The van der Waals surface area contributed by atoms with E-state index in [1.165, 1.54) is 28.0 Å². The Morgan fingerprint density at radius 3 is 2.38 bits per heavy atom. The molecule has 5 nitrogen and oxygen atoms in total. The van der Waals surface area contributed by atoms with Gasteiger partial charge >= 0.3 is 51.4 Å². The number of rotatable bonds is 5. The topological polar surface area (TPSA) is 45.0 Å². The first kappa shape index (κ1) is 30.5. The van der Waals surface area contributed by atoms with Crippen LogP contribution in [0, 0.1) is 36.0 Å². The monoisotopic (exact) mass is 514 g/mol. The quantitative estimate of drug-likeness (QED) is 0.322. The molecule has 0 saturated carbocycles. The number of nitrogens with zero attached hydrogens (tertiary/aromatic N) is 4. The van der Waals surface area contributed by atoms with E-state index >= 15 is 0 Å². The number of hydrogen-bond donors (Lipinski definition) is 0. The third-order valence-electron chi connectivity index (χ3n) is 6.40. The molecule has 0 amide bonds. The summed E-state index contributed by atoms with van der Waals surface area (Å²) in [5.74, 6) is 0.0493. The molecule has 1 aliphatic heterocycles. The summed E-state index contributed by atoms with van der Waals surface area (Å²) in [6.07, 6.45) is 12.7. The van der Waals surface area contributed by atoms with Crippen molar-refractivity contribution in [2.45, 2.75) is 40.5 Å². The summed E-state index contributed by atoms with van der Waals surface area (Å²) in [5, 5.41) is 9.20. The van der Waals surface area contributed by atoms with Crippen molar-refractivity contribution in [3.63, 3.8) is 0 Å². The van der Waals surface area contributed by atoms with Crippen molar-refractivity contribution < 1.29 is 56.1 Å². The van der Waals surface area contributed by atoms with Gasteiger partial charge < -0.3 is 9.64 Å². The van der Waals surface area contributed by atoms with Crippen molar-refractivity contribution in [1.29, 1.82) is 5.26 Å². The van der Waals surface area contributed by atoms with Crippen molar-refractivity contribution in [3.8, 4) is 6.07 Å². The summed E-state index contributed by atoms with van der Waals surface area (Å²) in [5.41, 5.74) is 6.90. The zero-order valence-electron chi connectivity index (χ0n) is 22.8. The average Bonchev–Trinajstić information content (AvgIpc) is 3.15. The van der Waals surface area contributed by atoms with Gasteiger partial charge in [0.2, 0.25) is 5.70 Å². The van der Waals surface area contributed by atoms with Crippen molar-refractivity contribution in [2.75, 3.05) is 19.0 Å². The first-order chi connectivity index (χ1) is 17.1. The molecule has 0 spiro atoms. The van der Waals surface area contributed by atoms with Crippen molar-refractivity contribution >= 4 is 11.8 Å². The van der Waals surface area contributed by atoms with Gasteiger partial charge in [-0.25, -0.2) is 15.0 Å². The van der Waals surface area contributed by atoms with Crippen LogP contribution in [0.25, 0.3) is 15.8 Å². The number of nitriles is 1. The summed E-state index contributed by atoms with van der Waals surface area (Å²) in [6, 6.07) is 10.3. The second kappa shape index (κ2) is 13.2. The van der Waals surface area contributed by atoms with Gasteiger partial charge in [0.05, 0.1) is 12.6 Å². The van der Waals surface area contributed by atoms with Crippen LogP contribution in [0.2, 0.25) is 0 Å². The second-order valence-corrected chi connectivity index (χ2v) is 9.97. The molecule has 6 heteroatoms. The molecule has 37 heavy (non-hydrogen) atoms. The number of ether oxygens (including phenoxy) is 1. The van der Waals surface area contributed by atoms with Crippen LogP contribution in [-0.4, -0.2) is 14.1 Å². The predicted octanol–water partition coefficient (Wildman–Crippen LogP) is 4.80. The molecule has 0 radical (unpaired) electrons. The first-order valence-electron chi connectivity index (χ1n) is 11.8. The zero-order chi connectivity index (χ0) is 26.5. The minimum atomic E-state index is -0.206. The Morgan fingerprint density at radius 2 is 1.81 bits per heavy atom. The third-order valence-corrected chi connectivity index (χ3v) is 6.40. The third kappa shape index (κ3) is 7.39. The van der Waals surface area contributed by atoms with Gasteiger partial charge in [0, 0.05) is 25.9 Å². The zero-order valence-corrected chi connectivity index (χ0v) is 25.9. The summed E-state index contributed by atoms with van der Waals surface area (Å²) < 4.78 is 5.61. The maximum Gasteiger partial charge on any atom is 1.00 e. The fourth-order valence-electron chi connectivity index (χ4n) is 4.41. The van der Waals surface area contributed by atoms with E-state index in [4.69, 9.17) is 17.9 Å². The van der Waals surface area contributed by atoms with E-state index in [1.54, 1.807) is 6.92 Å². The molecular formula is C31H31KN4O. The Bertz CT molecular complexity index is 1330. The largest absolute Gasteiger partial charge is 1.00 e. The normalized spacial score (nSPS) is 19.4. The average molecular weight is 515 g/mol. The maximum atomic E-state index is 9.20. The van der Waals surface area contributed by atoms with Crippen LogP contribution in [0.15, 0.2) is 88.0 Å². The van der Waals surface area contributed by atoms with Crippen LogP contribution in [-0.2, 0) is 4.74 Å². The smallest absolute Gasteiger partial charge is 0.535 e. The summed E-state index contributed by atoms with van der Waals surface area (Å²) in [7, 11) is 4.08. The van der Waals surface area contributed by atoms with Gasteiger partial charge in [-0.15, -0.1) is 6.08 Å². The molecule has 0 atom stereocenters. The first-order valence-corrected chi connectivity index (χ1v) is 11.8. The summed E-state index contributed by atoms with van der Waals surface area (Å²) in [4.78, 5) is 8.83. The molecule has 0 bridgehead atoms. The van der Waals surface area contributed by atoms with E-state index < -0.39 is 0 Å². The van der Waals surface area contributed by atoms with Crippen LogP contribution in [0.5, 0.6) is 0 Å². The van der Waals surface area contributed by atoms with E-state index in [0.717, 1.165) is 12.8 Å². The Morgan fingerprint density at radius 1 is 1.14 bits per heavy atom. The van der Waals surface area contributed by atoms with Crippen molar-refractivity contribution in [1.82, 2.24) is 0 Å². The van der Waals surface area contributed by atoms with Crippen LogP contribution in [0.4, 0.5) is 5.69 Å². The molecular weight excluding hydrogens is 483 g/mol. The van der Waals surface area contributed by atoms with E-state index in [0.29, 0.717) is 11.7 Å². The van der Waals surface area contributed by atoms with Gasteiger partial charge in [-0.2, -0.15) is 6.08 Å². The minimum absolute atomic E-state index is 0. The van der Waals surface area contributed by atoms with E-state index in [1.807, 2.05) is 32.3 Å². The molecule has 1 heterocycles. The second-order valence-electron chi connectivity index (χ2n) is 9.97. The fraction of sp³-hybridized carbons (Fsp3) is 0.290. The number of allylic oxidation sites excluding steroid dienone is 7. The predicted molar refractivity (Wildman–Crippen MR) is 146 cm³/mol. The van der Waals surface area contributed by atoms with E-state index in [9.17, 15) is 5.26 Å².